The topological polar surface area (TPSA) is 61.8 Å². The van der Waals surface area contributed by atoms with E-state index >= 15 is 0 Å². The Balaban J connectivity index is 1.59. The van der Waals surface area contributed by atoms with Crippen LogP contribution in [0.2, 0.25) is 0 Å². The van der Waals surface area contributed by atoms with Crippen LogP contribution in [0.15, 0.2) is 53.5 Å². The Bertz CT molecular complexity index is 844. The molecule has 5 nitrogen and oxygen atoms in total. The number of anilines is 2. The normalized spacial score (nSPS) is 16.3. The number of aryl methyl sites for hydroxylation is 2. The van der Waals surface area contributed by atoms with Crippen molar-refractivity contribution in [3.05, 3.63) is 59.7 Å². The van der Waals surface area contributed by atoms with Crippen LogP contribution in [0.5, 0.6) is 0 Å². The number of hydrogen-bond donors (Lipinski definition) is 1. The molecule has 3 rings (SSSR count). The number of aliphatic imine (C=N–C) groups is 1. The van der Waals surface area contributed by atoms with E-state index in [1.807, 2.05) is 74.3 Å². The van der Waals surface area contributed by atoms with Crippen LogP contribution in [-0.4, -0.2) is 29.3 Å². The highest BCUT2D eigenvalue weighted by Gasteiger charge is 2.32. The molecule has 2 aromatic rings. The van der Waals surface area contributed by atoms with Crippen molar-refractivity contribution < 1.29 is 9.59 Å². The van der Waals surface area contributed by atoms with Crippen LogP contribution in [0.25, 0.3) is 0 Å². The number of benzene rings is 2. The van der Waals surface area contributed by atoms with Crippen LogP contribution in [-0.2, 0) is 9.59 Å². The van der Waals surface area contributed by atoms with Gasteiger partial charge in [0.2, 0.25) is 5.91 Å². The summed E-state index contributed by atoms with van der Waals surface area (Å²) >= 11 is 1.33. The van der Waals surface area contributed by atoms with Crippen molar-refractivity contribution in [1.82, 2.24) is 0 Å². The van der Waals surface area contributed by atoms with Crippen LogP contribution >= 0.6 is 11.8 Å². The quantitative estimate of drug-likeness (QED) is 0.894. The number of carbonyl (C=O) groups is 2. The van der Waals surface area contributed by atoms with Gasteiger partial charge in [0.15, 0.2) is 5.17 Å². The van der Waals surface area contributed by atoms with Crippen molar-refractivity contribution >= 4 is 40.1 Å². The summed E-state index contributed by atoms with van der Waals surface area (Å²) in [6, 6.07) is 15.6. The molecule has 1 heterocycles. The third-order valence-electron chi connectivity index (χ3n) is 4.14. The zero-order chi connectivity index (χ0) is 18.7. The number of hydrogen-bond acceptors (Lipinski definition) is 4. The second-order valence-corrected chi connectivity index (χ2v) is 7.52. The van der Waals surface area contributed by atoms with Crippen molar-refractivity contribution in [3.8, 4) is 0 Å². The zero-order valence-corrected chi connectivity index (χ0v) is 15.8. The van der Waals surface area contributed by atoms with Crippen molar-refractivity contribution in [2.24, 2.45) is 4.99 Å². The summed E-state index contributed by atoms with van der Waals surface area (Å²) in [7, 11) is 1.87. The number of amides is 2. The summed E-state index contributed by atoms with van der Waals surface area (Å²) < 4.78 is 0. The lowest BCUT2D eigenvalue weighted by molar-refractivity contribution is -0.121. The van der Waals surface area contributed by atoms with Crippen LogP contribution < -0.4 is 10.2 Å². The van der Waals surface area contributed by atoms with Crippen molar-refractivity contribution in [2.45, 2.75) is 25.5 Å². The molecule has 0 saturated carbocycles. The van der Waals surface area contributed by atoms with Gasteiger partial charge in [0.05, 0.1) is 0 Å². The zero-order valence-electron chi connectivity index (χ0n) is 15.0. The molecule has 6 heteroatoms. The molecule has 1 unspecified atom stereocenters. The molecule has 0 spiro atoms. The molecular formula is C20H21N3O2S. The average molecular weight is 367 g/mol. The minimum Gasteiger partial charge on any atom is -0.326 e. The Morgan fingerprint density at radius 1 is 1.08 bits per heavy atom. The van der Waals surface area contributed by atoms with Crippen molar-refractivity contribution in [2.75, 3.05) is 17.3 Å². The summed E-state index contributed by atoms with van der Waals surface area (Å²) in [5, 5.41) is 2.96. The Kier molecular flexibility index (Phi) is 5.42. The maximum Gasteiger partial charge on any atom is 0.262 e. The summed E-state index contributed by atoms with van der Waals surface area (Å²) in [6.45, 7) is 4.01. The summed E-state index contributed by atoms with van der Waals surface area (Å²) in [5.41, 5.74) is 3.99. The van der Waals surface area contributed by atoms with Gasteiger partial charge < -0.3 is 10.2 Å². The van der Waals surface area contributed by atoms with Gasteiger partial charge in [0, 0.05) is 24.8 Å². The Hall–Kier alpha value is -2.60. The van der Waals surface area contributed by atoms with Crippen molar-refractivity contribution in [1.29, 1.82) is 0 Å². The molecule has 0 aliphatic carbocycles. The number of thioether (sulfide) groups is 1. The highest BCUT2D eigenvalue weighted by molar-refractivity contribution is 8.15. The third-order valence-corrected chi connectivity index (χ3v) is 5.37. The predicted molar refractivity (Wildman–Crippen MR) is 108 cm³/mol. The molecule has 2 aromatic carbocycles. The largest absolute Gasteiger partial charge is 0.326 e. The fourth-order valence-electron chi connectivity index (χ4n) is 2.55. The Morgan fingerprint density at radius 3 is 2.27 bits per heavy atom. The van der Waals surface area contributed by atoms with Gasteiger partial charge in [-0.3, -0.25) is 9.59 Å². The van der Waals surface area contributed by atoms with Gasteiger partial charge in [-0.15, -0.1) is 0 Å². The van der Waals surface area contributed by atoms with E-state index in [0.29, 0.717) is 5.17 Å². The molecule has 0 aromatic heterocycles. The lowest BCUT2D eigenvalue weighted by Crippen LogP contribution is -2.24. The fraction of sp³-hybridized carbons (Fsp3) is 0.250. The fourth-order valence-corrected chi connectivity index (χ4v) is 3.60. The van der Waals surface area contributed by atoms with Crippen LogP contribution in [0.3, 0.4) is 0 Å². The number of carbonyl (C=O) groups excluding carboxylic acids is 2. The maximum absolute atomic E-state index is 12.2. The molecule has 1 atom stereocenters. The van der Waals surface area contributed by atoms with E-state index in [4.69, 9.17) is 0 Å². The van der Waals surface area contributed by atoms with Gasteiger partial charge in [-0.05, 0) is 38.1 Å². The predicted octanol–water partition coefficient (Wildman–Crippen LogP) is 3.77. The molecule has 1 N–H and O–H groups in total. The first-order valence-corrected chi connectivity index (χ1v) is 9.26. The summed E-state index contributed by atoms with van der Waals surface area (Å²) in [4.78, 5) is 30.4. The Labute approximate surface area is 157 Å². The smallest absolute Gasteiger partial charge is 0.262 e. The number of rotatable bonds is 4. The second kappa shape index (κ2) is 7.74. The molecule has 0 saturated heterocycles. The standard InChI is InChI=1S/C20H21N3O2S/c1-13-4-8-15(9-5-13)21-18(24)12-17-19(25)22-20(26-17)23(3)16-10-6-14(2)7-11-16/h4-11,17H,12H2,1-3H3,(H,21,24). The SMILES string of the molecule is Cc1ccc(NC(=O)CC2SC(N(C)c3ccc(C)cc3)=NC2=O)cc1. The van der Waals surface area contributed by atoms with E-state index < -0.39 is 5.25 Å². The van der Waals surface area contributed by atoms with E-state index in [9.17, 15) is 9.59 Å². The maximum atomic E-state index is 12.2. The minimum absolute atomic E-state index is 0.103. The molecule has 1 aliphatic rings. The van der Waals surface area contributed by atoms with E-state index in [1.54, 1.807) is 0 Å². The first-order chi connectivity index (χ1) is 12.4. The van der Waals surface area contributed by atoms with Gasteiger partial charge in [0.25, 0.3) is 5.91 Å². The molecule has 0 radical (unpaired) electrons. The highest BCUT2D eigenvalue weighted by Crippen LogP contribution is 2.29. The van der Waals surface area contributed by atoms with Gasteiger partial charge in [0.1, 0.15) is 5.25 Å². The Morgan fingerprint density at radius 2 is 1.65 bits per heavy atom. The molecular weight excluding hydrogens is 346 g/mol. The minimum atomic E-state index is -0.483. The number of nitrogens with zero attached hydrogens (tertiary/aromatic N) is 2. The monoisotopic (exact) mass is 367 g/mol. The van der Waals surface area contributed by atoms with Crippen LogP contribution in [0.1, 0.15) is 17.5 Å². The van der Waals surface area contributed by atoms with Crippen molar-refractivity contribution in [3.63, 3.8) is 0 Å². The van der Waals surface area contributed by atoms with Crippen LogP contribution in [0, 0.1) is 13.8 Å². The first-order valence-electron chi connectivity index (χ1n) is 8.38. The number of amidine groups is 1. The van der Waals surface area contributed by atoms with E-state index in [1.165, 1.54) is 17.3 Å². The van der Waals surface area contributed by atoms with Gasteiger partial charge >= 0.3 is 0 Å². The van der Waals surface area contributed by atoms with Crippen LogP contribution in [0.4, 0.5) is 11.4 Å². The first kappa shape index (κ1) is 18.2. The second-order valence-electron chi connectivity index (χ2n) is 6.35. The lowest BCUT2D eigenvalue weighted by Gasteiger charge is -2.18. The molecule has 2 amide bonds. The van der Waals surface area contributed by atoms with E-state index in [-0.39, 0.29) is 18.2 Å². The summed E-state index contributed by atoms with van der Waals surface area (Å²) in [6.07, 6.45) is 0.103. The molecule has 26 heavy (non-hydrogen) atoms. The summed E-state index contributed by atoms with van der Waals surface area (Å²) in [5.74, 6) is -0.447. The van der Waals surface area contributed by atoms with Gasteiger partial charge in [-0.2, -0.15) is 4.99 Å². The lowest BCUT2D eigenvalue weighted by atomic mass is 10.2. The van der Waals surface area contributed by atoms with Gasteiger partial charge in [-0.25, -0.2) is 0 Å². The molecule has 1 aliphatic heterocycles. The molecule has 134 valence electrons. The number of nitrogens with one attached hydrogen (secondary N) is 1. The van der Waals surface area contributed by atoms with E-state index in [0.717, 1.165) is 16.9 Å². The highest BCUT2D eigenvalue weighted by atomic mass is 32.2. The average Bonchev–Trinajstić information content (AvgIpc) is 2.97. The van der Waals surface area contributed by atoms with E-state index in [2.05, 4.69) is 10.3 Å². The molecule has 0 bridgehead atoms. The molecule has 0 fully saturated rings. The third kappa shape index (κ3) is 4.32. The van der Waals surface area contributed by atoms with Gasteiger partial charge in [-0.1, -0.05) is 47.2 Å².